The summed E-state index contributed by atoms with van der Waals surface area (Å²) in [5.41, 5.74) is 0.984. The van der Waals surface area contributed by atoms with Gasteiger partial charge in [0, 0.05) is 31.4 Å². The van der Waals surface area contributed by atoms with Crippen molar-refractivity contribution < 1.29 is 19.6 Å². The summed E-state index contributed by atoms with van der Waals surface area (Å²) < 4.78 is 5.42. The second-order valence-electron chi connectivity index (χ2n) is 6.93. The van der Waals surface area contributed by atoms with Crippen LogP contribution < -0.4 is 10.4 Å². The molecule has 1 saturated heterocycles. The number of amides is 1. The van der Waals surface area contributed by atoms with E-state index >= 15 is 0 Å². The Labute approximate surface area is 137 Å². The van der Waals surface area contributed by atoms with E-state index in [-0.39, 0.29) is 12.1 Å². The zero-order chi connectivity index (χ0) is 17.2. The van der Waals surface area contributed by atoms with Crippen molar-refractivity contribution in [2.75, 3.05) is 24.5 Å². The Kier molecular flexibility index (Phi) is 5.21. The monoisotopic (exact) mass is 320 g/mol. The van der Waals surface area contributed by atoms with Gasteiger partial charge < -0.3 is 24.6 Å². The van der Waals surface area contributed by atoms with Gasteiger partial charge in [-0.3, -0.25) is 0 Å². The molecule has 0 aromatic heterocycles. The van der Waals surface area contributed by atoms with Gasteiger partial charge in [0.1, 0.15) is 5.60 Å². The molecular formula is C16H25BN2O4. The Morgan fingerprint density at radius 1 is 1.22 bits per heavy atom. The summed E-state index contributed by atoms with van der Waals surface area (Å²) in [6.45, 7) is 9.56. The zero-order valence-electron chi connectivity index (χ0n) is 14.2. The average Bonchev–Trinajstić information content (AvgIpc) is 2.45. The number of ether oxygens (including phenoxy) is 1. The van der Waals surface area contributed by atoms with E-state index < -0.39 is 12.7 Å². The van der Waals surface area contributed by atoms with Crippen LogP contribution in [0.1, 0.15) is 27.7 Å². The predicted octanol–water partition coefficient (Wildman–Crippen LogP) is 0.812. The summed E-state index contributed by atoms with van der Waals surface area (Å²) in [4.78, 5) is 16.1. The van der Waals surface area contributed by atoms with E-state index in [1.54, 1.807) is 17.0 Å². The van der Waals surface area contributed by atoms with Gasteiger partial charge in [-0.05, 0) is 45.3 Å². The smallest absolute Gasteiger partial charge is 0.444 e. The summed E-state index contributed by atoms with van der Waals surface area (Å²) in [6.07, 6.45) is -0.275. The molecule has 2 N–H and O–H groups in total. The van der Waals surface area contributed by atoms with Crippen LogP contribution in [-0.4, -0.2) is 59.4 Å². The third-order valence-electron chi connectivity index (χ3n) is 3.80. The predicted molar refractivity (Wildman–Crippen MR) is 90.9 cm³/mol. The lowest BCUT2D eigenvalue weighted by Gasteiger charge is -2.41. The molecule has 1 aromatic carbocycles. The quantitative estimate of drug-likeness (QED) is 0.789. The van der Waals surface area contributed by atoms with Crippen LogP contribution >= 0.6 is 0 Å². The highest BCUT2D eigenvalue weighted by atomic mass is 16.6. The molecule has 1 heterocycles. The van der Waals surface area contributed by atoms with Crippen LogP contribution in [0.3, 0.4) is 0 Å². The highest BCUT2D eigenvalue weighted by Crippen LogP contribution is 2.21. The molecule has 23 heavy (non-hydrogen) atoms. The standard InChI is InChI=1S/C16H25BN2O4/c1-12-11-18(15(20)23-16(2,3)4)9-10-19(12)14-7-5-13(6-8-14)17(21)22/h5-8,12,21-22H,9-11H2,1-4H3/t12-/m0/s1. The number of anilines is 1. The number of carbonyl (C=O) groups excluding carboxylic acids is 1. The van der Waals surface area contributed by atoms with Gasteiger partial charge >= 0.3 is 13.2 Å². The van der Waals surface area contributed by atoms with E-state index in [1.165, 1.54) is 0 Å². The Balaban J connectivity index is 2.00. The minimum absolute atomic E-state index is 0.154. The number of piperazine rings is 1. The van der Waals surface area contributed by atoms with E-state index in [9.17, 15) is 4.79 Å². The third kappa shape index (κ3) is 4.62. The first-order chi connectivity index (χ1) is 10.7. The molecule has 126 valence electrons. The molecule has 1 aliphatic heterocycles. The van der Waals surface area contributed by atoms with Crippen molar-refractivity contribution in [1.82, 2.24) is 4.90 Å². The largest absolute Gasteiger partial charge is 0.488 e. The van der Waals surface area contributed by atoms with Crippen LogP contribution in [0.25, 0.3) is 0 Å². The molecular weight excluding hydrogens is 295 g/mol. The molecule has 0 aliphatic carbocycles. The fraction of sp³-hybridized carbons (Fsp3) is 0.562. The normalized spacial score (nSPS) is 18.8. The van der Waals surface area contributed by atoms with Crippen LogP contribution in [0, 0.1) is 0 Å². The minimum Gasteiger partial charge on any atom is -0.444 e. The molecule has 1 amide bonds. The van der Waals surface area contributed by atoms with Gasteiger partial charge in [-0.25, -0.2) is 4.79 Å². The molecule has 7 heteroatoms. The summed E-state index contributed by atoms with van der Waals surface area (Å²) in [6, 6.07) is 7.30. The van der Waals surface area contributed by atoms with Crippen molar-refractivity contribution >= 4 is 24.4 Å². The minimum atomic E-state index is -1.45. The maximum Gasteiger partial charge on any atom is 0.488 e. The summed E-state index contributed by atoms with van der Waals surface area (Å²) in [7, 11) is -1.45. The van der Waals surface area contributed by atoms with Crippen LogP contribution in [0.5, 0.6) is 0 Å². The van der Waals surface area contributed by atoms with Crippen molar-refractivity contribution in [2.45, 2.75) is 39.3 Å². The average molecular weight is 320 g/mol. The van der Waals surface area contributed by atoms with Gasteiger partial charge in [-0.2, -0.15) is 0 Å². The van der Waals surface area contributed by atoms with Crippen molar-refractivity contribution in [2.24, 2.45) is 0 Å². The van der Waals surface area contributed by atoms with Gasteiger partial charge in [-0.15, -0.1) is 0 Å². The molecule has 1 aromatic rings. The first-order valence-electron chi connectivity index (χ1n) is 7.88. The molecule has 0 bridgehead atoms. The van der Waals surface area contributed by atoms with Gasteiger partial charge in [0.25, 0.3) is 0 Å². The maximum absolute atomic E-state index is 12.2. The summed E-state index contributed by atoms with van der Waals surface area (Å²) in [5, 5.41) is 18.3. The van der Waals surface area contributed by atoms with Crippen molar-refractivity contribution in [3.05, 3.63) is 24.3 Å². The van der Waals surface area contributed by atoms with Crippen LogP contribution in [0.4, 0.5) is 10.5 Å². The van der Waals surface area contributed by atoms with Gasteiger partial charge in [-0.1, -0.05) is 12.1 Å². The first-order valence-corrected chi connectivity index (χ1v) is 7.88. The molecule has 0 unspecified atom stereocenters. The summed E-state index contributed by atoms with van der Waals surface area (Å²) >= 11 is 0. The van der Waals surface area contributed by atoms with Gasteiger partial charge in [0.15, 0.2) is 0 Å². The second kappa shape index (κ2) is 6.80. The molecule has 1 aliphatic rings. The Morgan fingerprint density at radius 3 is 2.30 bits per heavy atom. The highest BCUT2D eigenvalue weighted by molar-refractivity contribution is 6.58. The first kappa shape index (κ1) is 17.6. The molecule has 0 radical (unpaired) electrons. The second-order valence-corrected chi connectivity index (χ2v) is 6.93. The fourth-order valence-electron chi connectivity index (χ4n) is 2.67. The number of rotatable bonds is 2. The van der Waals surface area contributed by atoms with E-state index in [0.717, 1.165) is 5.69 Å². The number of nitrogens with zero attached hydrogens (tertiary/aromatic N) is 2. The van der Waals surface area contributed by atoms with E-state index in [4.69, 9.17) is 14.8 Å². The van der Waals surface area contributed by atoms with E-state index in [1.807, 2.05) is 32.9 Å². The molecule has 1 atom stereocenters. The number of carbonyl (C=O) groups is 1. The fourth-order valence-corrected chi connectivity index (χ4v) is 2.67. The Morgan fingerprint density at radius 2 is 1.83 bits per heavy atom. The summed E-state index contributed by atoms with van der Waals surface area (Å²) in [5.74, 6) is 0. The Bertz CT molecular complexity index is 542. The zero-order valence-corrected chi connectivity index (χ0v) is 14.2. The van der Waals surface area contributed by atoms with Crippen molar-refractivity contribution in [3.8, 4) is 0 Å². The number of hydrogen-bond acceptors (Lipinski definition) is 5. The molecule has 1 fully saturated rings. The van der Waals surface area contributed by atoms with Crippen LogP contribution in [0.15, 0.2) is 24.3 Å². The van der Waals surface area contributed by atoms with Crippen LogP contribution in [-0.2, 0) is 4.74 Å². The molecule has 0 saturated carbocycles. The highest BCUT2D eigenvalue weighted by Gasteiger charge is 2.30. The lowest BCUT2D eigenvalue weighted by Crippen LogP contribution is -2.54. The molecule has 6 nitrogen and oxygen atoms in total. The Hall–Kier alpha value is -1.73. The van der Waals surface area contributed by atoms with E-state index in [2.05, 4.69) is 11.8 Å². The molecule has 2 rings (SSSR count). The van der Waals surface area contributed by atoms with Crippen molar-refractivity contribution in [1.29, 1.82) is 0 Å². The van der Waals surface area contributed by atoms with Crippen molar-refractivity contribution in [3.63, 3.8) is 0 Å². The SMILES string of the molecule is C[C@H]1CN(C(=O)OC(C)(C)C)CCN1c1ccc(B(O)O)cc1. The number of benzene rings is 1. The van der Waals surface area contributed by atoms with Crippen LogP contribution in [0.2, 0.25) is 0 Å². The lowest BCUT2D eigenvalue weighted by atomic mass is 9.80. The maximum atomic E-state index is 12.2. The van der Waals surface area contributed by atoms with Gasteiger partial charge in [0.05, 0.1) is 0 Å². The molecule has 0 spiro atoms. The van der Waals surface area contributed by atoms with Gasteiger partial charge in [0.2, 0.25) is 0 Å². The topological polar surface area (TPSA) is 73.2 Å². The number of hydrogen-bond donors (Lipinski definition) is 2. The third-order valence-corrected chi connectivity index (χ3v) is 3.80. The van der Waals surface area contributed by atoms with E-state index in [0.29, 0.717) is 25.1 Å². The lowest BCUT2D eigenvalue weighted by molar-refractivity contribution is 0.0219.